The Hall–Kier alpha value is -1.29. The van der Waals surface area contributed by atoms with Crippen molar-refractivity contribution in [2.24, 2.45) is 0 Å². The average Bonchev–Trinajstić information content (AvgIpc) is 2.78. The van der Waals surface area contributed by atoms with E-state index in [1.807, 2.05) is 12.1 Å². The van der Waals surface area contributed by atoms with Crippen LogP contribution in [0.15, 0.2) is 30.6 Å². The monoisotopic (exact) mass is 339 g/mol. The molecule has 21 heavy (non-hydrogen) atoms. The third-order valence-corrected chi connectivity index (χ3v) is 3.88. The second-order valence-corrected chi connectivity index (χ2v) is 6.01. The van der Waals surface area contributed by atoms with E-state index in [-0.39, 0.29) is 0 Å². The molecule has 0 aliphatic rings. The van der Waals surface area contributed by atoms with E-state index < -0.39 is 0 Å². The fraction of sp³-hybridized carbons (Fsp3) is 0.200. The van der Waals surface area contributed by atoms with Gasteiger partial charge < -0.3 is 4.57 Å². The number of rotatable bonds is 3. The molecular formula is C15H12Cl3N3. The highest BCUT2D eigenvalue weighted by atomic mass is 35.5. The van der Waals surface area contributed by atoms with E-state index in [9.17, 15) is 0 Å². The van der Waals surface area contributed by atoms with Gasteiger partial charge in [0, 0.05) is 29.5 Å². The Labute approximate surface area is 137 Å². The van der Waals surface area contributed by atoms with Gasteiger partial charge in [0.25, 0.3) is 0 Å². The van der Waals surface area contributed by atoms with Crippen LogP contribution in [-0.2, 0) is 6.54 Å². The summed E-state index contributed by atoms with van der Waals surface area (Å²) in [6, 6.07) is 5.40. The van der Waals surface area contributed by atoms with Gasteiger partial charge in [-0.25, -0.2) is 4.98 Å². The first-order chi connectivity index (χ1) is 10.1. The van der Waals surface area contributed by atoms with Crippen LogP contribution in [0, 0.1) is 0 Å². The zero-order valence-corrected chi connectivity index (χ0v) is 13.5. The number of benzene rings is 1. The Morgan fingerprint density at radius 3 is 2.57 bits per heavy atom. The van der Waals surface area contributed by atoms with Crippen LogP contribution in [-0.4, -0.2) is 14.5 Å². The quantitative estimate of drug-likeness (QED) is 0.633. The first-order valence-electron chi connectivity index (χ1n) is 6.56. The van der Waals surface area contributed by atoms with Crippen LogP contribution >= 0.6 is 34.8 Å². The highest BCUT2D eigenvalue weighted by Crippen LogP contribution is 2.32. The molecule has 0 radical (unpaired) electrons. The Bertz CT molecular complexity index is 811. The van der Waals surface area contributed by atoms with Crippen molar-refractivity contribution in [2.75, 3.05) is 0 Å². The summed E-state index contributed by atoms with van der Waals surface area (Å²) in [5.41, 5.74) is 2.52. The largest absolute Gasteiger partial charge is 0.323 e. The molecule has 3 aromatic rings. The van der Waals surface area contributed by atoms with E-state index in [1.54, 1.807) is 18.5 Å². The molecule has 2 aromatic heterocycles. The van der Waals surface area contributed by atoms with E-state index in [1.165, 1.54) is 0 Å². The lowest BCUT2D eigenvalue weighted by Crippen LogP contribution is -2.00. The molecule has 1 aromatic carbocycles. The molecule has 2 heterocycles. The van der Waals surface area contributed by atoms with Gasteiger partial charge in [0.05, 0.1) is 21.1 Å². The van der Waals surface area contributed by atoms with Gasteiger partial charge in [-0.05, 0) is 24.6 Å². The third kappa shape index (κ3) is 2.73. The van der Waals surface area contributed by atoms with Gasteiger partial charge in [-0.15, -0.1) is 0 Å². The molecule has 0 aliphatic carbocycles. The lowest BCUT2D eigenvalue weighted by atomic mass is 10.2. The number of pyridine rings is 1. The highest BCUT2D eigenvalue weighted by Gasteiger charge is 2.16. The minimum atomic E-state index is 0.574. The predicted molar refractivity (Wildman–Crippen MR) is 88.3 cm³/mol. The van der Waals surface area contributed by atoms with Gasteiger partial charge in [0.15, 0.2) is 0 Å². The lowest BCUT2D eigenvalue weighted by molar-refractivity contribution is 0.704. The summed E-state index contributed by atoms with van der Waals surface area (Å²) in [4.78, 5) is 8.79. The number of nitrogens with zero attached hydrogens (tertiary/aromatic N) is 3. The smallest absolute Gasteiger partial charge is 0.142 e. The molecule has 0 saturated heterocycles. The number of fused-ring (bicyclic) bond motifs is 1. The number of aryl methyl sites for hydroxylation is 1. The van der Waals surface area contributed by atoms with Crippen molar-refractivity contribution in [1.29, 1.82) is 0 Å². The molecule has 0 saturated carbocycles. The zero-order chi connectivity index (χ0) is 15.0. The SMILES string of the molecule is CCCn1c(-c2cncc(Cl)c2)nc2cc(Cl)cc(Cl)c21. The average molecular weight is 341 g/mol. The molecule has 0 fully saturated rings. The summed E-state index contributed by atoms with van der Waals surface area (Å²) >= 11 is 18.4. The molecule has 3 nitrogen and oxygen atoms in total. The summed E-state index contributed by atoms with van der Waals surface area (Å²) < 4.78 is 2.08. The molecule has 0 N–H and O–H groups in total. The summed E-state index contributed by atoms with van der Waals surface area (Å²) in [6.45, 7) is 2.91. The molecule has 0 amide bonds. The minimum Gasteiger partial charge on any atom is -0.323 e. The predicted octanol–water partition coefficient (Wildman–Crippen LogP) is 5.47. The topological polar surface area (TPSA) is 30.7 Å². The summed E-state index contributed by atoms with van der Waals surface area (Å²) in [5, 5.41) is 1.75. The molecule has 0 aliphatic heterocycles. The van der Waals surface area contributed by atoms with Gasteiger partial charge >= 0.3 is 0 Å². The second kappa shape index (κ2) is 5.84. The van der Waals surface area contributed by atoms with Crippen LogP contribution in [0.1, 0.15) is 13.3 Å². The highest BCUT2D eigenvalue weighted by molar-refractivity contribution is 6.38. The maximum atomic E-state index is 6.35. The molecule has 0 atom stereocenters. The normalized spacial score (nSPS) is 11.2. The molecular weight excluding hydrogens is 329 g/mol. The van der Waals surface area contributed by atoms with Crippen molar-refractivity contribution < 1.29 is 0 Å². The summed E-state index contributed by atoms with van der Waals surface area (Å²) in [6.07, 6.45) is 4.31. The van der Waals surface area contributed by atoms with Crippen molar-refractivity contribution in [3.8, 4) is 11.4 Å². The molecule has 0 unspecified atom stereocenters. The fourth-order valence-corrected chi connectivity index (χ4v) is 3.14. The van der Waals surface area contributed by atoms with E-state index in [0.29, 0.717) is 15.1 Å². The maximum Gasteiger partial charge on any atom is 0.142 e. The van der Waals surface area contributed by atoms with E-state index in [4.69, 9.17) is 34.8 Å². The van der Waals surface area contributed by atoms with Crippen LogP contribution in [0.5, 0.6) is 0 Å². The molecule has 0 spiro atoms. The van der Waals surface area contributed by atoms with E-state index in [0.717, 1.165) is 35.4 Å². The lowest BCUT2D eigenvalue weighted by Gasteiger charge is -2.08. The third-order valence-electron chi connectivity index (χ3n) is 3.17. The number of hydrogen-bond acceptors (Lipinski definition) is 2. The summed E-state index contributed by atoms with van der Waals surface area (Å²) in [5.74, 6) is 0.797. The van der Waals surface area contributed by atoms with Crippen molar-refractivity contribution >= 4 is 45.8 Å². The second-order valence-electron chi connectivity index (χ2n) is 4.73. The Morgan fingerprint density at radius 2 is 1.86 bits per heavy atom. The van der Waals surface area contributed by atoms with Crippen LogP contribution in [0.3, 0.4) is 0 Å². The van der Waals surface area contributed by atoms with E-state index >= 15 is 0 Å². The minimum absolute atomic E-state index is 0.574. The van der Waals surface area contributed by atoms with Crippen molar-refractivity contribution in [3.63, 3.8) is 0 Å². The molecule has 6 heteroatoms. The zero-order valence-electron chi connectivity index (χ0n) is 11.3. The Balaban J connectivity index is 2.31. The first kappa shape index (κ1) is 14.6. The van der Waals surface area contributed by atoms with Crippen LogP contribution in [0.2, 0.25) is 15.1 Å². The van der Waals surface area contributed by atoms with Gasteiger partial charge in [-0.3, -0.25) is 4.98 Å². The van der Waals surface area contributed by atoms with Crippen LogP contribution in [0.4, 0.5) is 0 Å². The molecule has 3 rings (SSSR count). The number of hydrogen-bond donors (Lipinski definition) is 0. The molecule has 108 valence electrons. The number of halogens is 3. The Kier molecular flexibility index (Phi) is 4.07. The number of aromatic nitrogens is 3. The summed E-state index contributed by atoms with van der Waals surface area (Å²) in [7, 11) is 0. The maximum absolute atomic E-state index is 6.35. The van der Waals surface area contributed by atoms with Crippen molar-refractivity contribution in [3.05, 3.63) is 45.7 Å². The Morgan fingerprint density at radius 1 is 1.05 bits per heavy atom. The van der Waals surface area contributed by atoms with Gasteiger partial charge in [0.2, 0.25) is 0 Å². The van der Waals surface area contributed by atoms with Gasteiger partial charge in [-0.2, -0.15) is 0 Å². The van der Waals surface area contributed by atoms with Crippen molar-refractivity contribution in [2.45, 2.75) is 19.9 Å². The fourth-order valence-electron chi connectivity index (χ4n) is 2.38. The number of imidazole rings is 1. The van der Waals surface area contributed by atoms with Crippen LogP contribution in [0.25, 0.3) is 22.4 Å². The van der Waals surface area contributed by atoms with Gasteiger partial charge in [-0.1, -0.05) is 41.7 Å². The first-order valence-corrected chi connectivity index (χ1v) is 7.69. The van der Waals surface area contributed by atoms with Gasteiger partial charge in [0.1, 0.15) is 5.82 Å². The van der Waals surface area contributed by atoms with E-state index in [2.05, 4.69) is 21.5 Å². The standard InChI is InChI=1S/C15H12Cl3N3/c1-2-3-21-14-12(18)5-10(16)6-13(14)20-15(21)9-4-11(17)8-19-7-9/h4-8H,2-3H2,1H3. The van der Waals surface area contributed by atoms with Crippen LogP contribution < -0.4 is 0 Å². The molecule has 0 bridgehead atoms. The van der Waals surface area contributed by atoms with Crippen molar-refractivity contribution in [1.82, 2.24) is 14.5 Å².